The van der Waals surface area contributed by atoms with E-state index in [1.54, 1.807) is 5.57 Å². The summed E-state index contributed by atoms with van der Waals surface area (Å²) in [5.74, 6) is 0. The van der Waals surface area contributed by atoms with E-state index >= 15 is 0 Å². The molecule has 0 N–H and O–H groups in total. The summed E-state index contributed by atoms with van der Waals surface area (Å²) in [5.41, 5.74) is 4.49. The van der Waals surface area contributed by atoms with Crippen molar-refractivity contribution in [3.05, 3.63) is 59.2 Å². The van der Waals surface area contributed by atoms with Crippen molar-refractivity contribution in [2.24, 2.45) is 0 Å². The zero-order chi connectivity index (χ0) is 10.5. The maximum atomic E-state index is 2.35. The molecule has 0 radical (unpaired) electrons. The Labute approximate surface area is 92.3 Å². The quantitative estimate of drug-likeness (QED) is 0.679. The van der Waals surface area contributed by atoms with Gasteiger partial charge in [-0.05, 0) is 38.2 Å². The summed E-state index contributed by atoms with van der Waals surface area (Å²) in [5, 5.41) is 0. The van der Waals surface area contributed by atoms with Gasteiger partial charge in [-0.3, -0.25) is 0 Å². The molecule has 78 valence electrons. The van der Waals surface area contributed by atoms with Crippen molar-refractivity contribution >= 4 is 0 Å². The minimum absolute atomic E-state index is 1.18. The minimum Gasteiger partial charge on any atom is -0.0813 e. The van der Waals surface area contributed by atoms with Crippen molar-refractivity contribution in [2.45, 2.75) is 32.6 Å². The largest absolute Gasteiger partial charge is 0.0813 e. The molecule has 15 heavy (non-hydrogen) atoms. The second-order valence-corrected chi connectivity index (χ2v) is 4.28. The van der Waals surface area contributed by atoms with E-state index in [9.17, 15) is 0 Å². The first-order valence-electron chi connectivity index (χ1n) is 5.75. The fraction of sp³-hybridized carbons (Fsp3) is 0.333. The van der Waals surface area contributed by atoms with Crippen molar-refractivity contribution in [1.29, 1.82) is 0 Å². The highest BCUT2D eigenvalue weighted by molar-refractivity contribution is 5.27. The van der Waals surface area contributed by atoms with E-state index in [2.05, 4.69) is 49.4 Å². The van der Waals surface area contributed by atoms with E-state index in [-0.39, 0.29) is 0 Å². The highest BCUT2D eigenvalue weighted by Crippen LogP contribution is 2.21. The van der Waals surface area contributed by atoms with E-state index in [0.717, 1.165) is 0 Å². The van der Waals surface area contributed by atoms with Crippen LogP contribution < -0.4 is 0 Å². The SMILES string of the molecule is CC1=CCCC(CCc2ccccc2)=C1. The average Bonchev–Trinajstić information content (AvgIpc) is 2.28. The number of rotatable bonds is 3. The van der Waals surface area contributed by atoms with E-state index in [1.165, 1.54) is 36.8 Å². The molecule has 0 amide bonds. The third kappa shape index (κ3) is 3.09. The molecule has 0 bridgehead atoms. The standard InChI is InChI=1S/C15H18/c1-13-6-5-9-15(12-13)11-10-14-7-3-2-4-8-14/h2-4,6-8,12H,5,9-11H2,1H3. The molecule has 0 heterocycles. The molecule has 1 aliphatic rings. The summed E-state index contributed by atoms with van der Waals surface area (Å²) in [7, 11) is 0. The van der Waals surface area contributed by atoms with Gasteiger partial charge in [-0.25, -0.2) is 0 Å². The molecule has 0 unspecified atom stereocenters. The lowest BCUT2D eigenvalue weighted by Gasteiger charge is -2.11. The fourth-order valence-corrected chi connectivity index (χ4v) is 2.09. The summed E-state index contributed by atoms with van der Waals surface area (Å²) in [6, 6.07) is 10.7. The van der Waals surface area contributed by atoms with Crippen LogP contribution in [0.5, 0.6) is 0 Å². The lowest BCUT2D eigenvalue weighted by molar-refractivity contribution is 0.832. The lowest BCUT2D eigenvalue weighted by Crippen LogP contribution is -1.93. The van der Waals surface area contributed by atoms with Gasteiger partial charge in [0.05, 0.1) is 0 Å². The Hall–Kier alpha value is -1.30. The van der Waals surface area contributed by atoms with Crippen LogP contribution in [-0.2, 0) is 6.42 Å². The molecule has 2 rings (SSSR count). The Kier molecular flexibility index (Phi) is 3.39. The molecule has 0 aliphatic heterocycles. The van der Waals surface area contributed by atoms with Gasteiger partial charge in [0, 0.05) is 0 Å². The van der Waals surface area contributed by atoms with Gasteiger partial charge < -0.3 is 0 Å². The number of allylic oxidation sites excluding steroid dienone is 4. The topological polar surface area (TPSA) is 0 Å². The van der Waals surface area contributed by atoms with Crippen LogP contribution in [0.4, 0.5) is 0 Å². The van der Waals surface area contributed by atoms with E-state index < -0.39 is 0 Å². The average molecular weight is 198 g/mol. The highest BCUT2D eigenvalue weighted by atomic mass is 14.1. The van der Waals surface area contributed by atoms with Gasteiger partial charge in [0.1, 0.15) is 0 Å². The van der Waals surface area contributed by atoms with Crippen LogP contribution in [-0.4, -0.2) is 0 Å². The predicted octanol–water partition coefficient (Wildman–Crippen LogP) is 4.29. The molecular weight excluding hydrogens is 180 g/mol. The molecule has 0 saturated carbocycles. The summed E-state index contributed by atoms with van der Waals surface area (Å²) in [6.07, 6.45) is 9.56. The molecule has 0 saturated heterocycles. The Bertz CT molecular complexity index is 368. The smallest absolute Gasteiger partial charge is 0.0241 e. The molecule has 1 aromatic carbocycles. The van der Waals surface area contributed by atoms with Crippen molar-refractivity contribution < 1.29 is 0 Å². The monoisotopic (exact) mass is 198 g/mol. The Balaban J connectivity index is 1.91. The summed E-state index contributed by atoms with van der Waals surface area (Å²) in [6.45, 7) is 2.20. The van der Waals surface area contributed by atoms with Gasteiger partial charge in [-0.2, -0.15) is 0 Å². The van der Waals surface area contributed by atoms with Gasteiger partial charge in [-0.15, -0.1) is 0 Å². The van der Waals surface area contributed by atoms with Crippen molar-refractivity contribution in [2.75, 3.05) is 0 Å². The van der Waals surface area contributed by atoms with E-state index in [4.69, 9.17) is 0 Å². The van der Waals surface area contributed by atoms with Crippen LogP contribution >= 0.6 is 0 Å². The minimum atomic E-state index is 1.18. The van der Waals surface area contributed by atoms with Crippen molar-refractivity contribution in [1.82, 2.24) is 0 Å². The first kappa shape index (κ1) is 10.2. The highest BCUT2D eigenvalue weighted by Gasteiger charge is 2.02. The molecule has 0 nitrogen and oxygen atoms in total. The maximum Gasteiger partial charge on any atom is -0.0241 e. The molecule has 0 fully saturated rings. The second-order valence-electron chi connectivity index (χ2n) is 4.28. The summed E-state index contributed by atoms with van der Waals surface area (Å²) < 4.78 is 0. The third-order valence-electron chi connectivity index (χ3n) is 2.94. The van der Waals surface area contributed by atoms with Crippen LogP contribution in [0.25, 0.3) is 0 Å². The predicted molar refractivity (Wildman–Crippen MR) is 65.8 cm³/mol. The third-order valence-corrected chi connectivity index (χ3v) is 2.94. The first-order chi connectivity index (χ1) is 7.34. The van der Waals surface area contributed by atoms with Crippen LogP contribution in [0.3, 0.4) is 0 Å². The van der Waals surface area contributed by atoms with Crippen LogP contribution in [0.1, 0.15) is 31.7 Å². The molecule has 0 atom stereocenters. The first-order valence-corrected chi connectivity index (χ1v) is 5.75. The Morgan fingerprint density at radius 3 is 2.60 bits per heavy atom. The van der Waals surface area contributed by atoms with Gasteiger partial charge in [0.25, 0.3) is 0 Å². The van der Waals surface area contributed by atoms with Crippen molar-refractivity contribution in [3.8, 4) is 0 Å². The molecule has 0 heteroatoms. The van der Waals surface area contributed by atoms with Crippen molar-refractivity contribution in [3.63, 3.8) is 0 Å². The molecule has 1 aliphatic carbocycles. The molecule has 0 aromatic heterocycles. The number of hydrogen-bond donors (Lipinski definition) is 0. The number of aryl methyl sites for hydroxylation is 1. The van der Waals surface area contributed by atoms with Crippen LogP contribution in [0.2, 0.25) is 0 Å². The van der Waals surface area contributed by atoms with Crippen LogP contribution in [0.15, 0.2) is 53.6 Å². The Morgan fingerprint density at radius 2 is 1.87 bits per heavy atom. The normalized spacial score (nSPS) is 15.8. The zero-order valence-electron chi connectivity index (χ0n) is 9.37. The summed E-state index contributed by atoms with van der Waals surface area (Å²) >= 11 is 0. The maximum absolute atomic E-state index is 2.35. The van der Waals surface area contributed by atoms with Gasteiger partial charge in [-0.1, -0.05) is 53.6 Å². The molecule has 0 spiro atoms. The Morgan fingerprint density at radius 1 is 1.07 bits per heavy atom. The van der Waals surface area contributed by atoms with Crippen LogP contribution in [0, 0.1) is 0 Å². The van der Waals surface area contributed by atoms with Gasteiger partial charge in [0.2, 0.25) is 0 Å². The number of benzene rings is 1. The number of hydrogen-bond acceptors (Lipinski definition) is 0. The summed E-state index contributed by atoms with van der Waals surface area (Å²) in [4.78, 5) is 0. The fourth-order valence-electron chi connectivity index (χ4n) is 2.09. The lowest BCUT2D eigenvalue weighted by atomic mass is 9.95. The zero-order valence-corrected chi connectivity index (χ0v) is 9.37. The van der Waals surface area contributed by atoms with E-state index in [0.29, 0.717) is 0 Å². The van der Waals surface area contributed by atoms with E-state index in [1.807, 2.05) is 0 Å². The molecule has 1 aromatic rings. The van der Waals surface area contributed by atoms with Gasteiger partial charge in [0.15, 0.2) is 0 Å². The van der Waals surface area contributed by atoms with Gasteiger partial charge >= 0.3 is 0 Å². The second kappa shape index (κ2) is 4.97. The molecular formula is C15H18.